The van der Waals surface area contributed by atoms with Gasteiger partial charge in [0.2, 0.25) is 4.80 Å². The maximum Gasteiger partial charge on any atom is 0.205 e. The zero-order chi connectivity index (χ0) is 18.5. The quantitative estimate of drug-likeness (QED) is 0.604. The molecule has 0 radical (unpaired) electrons. The Morgan fingerprint density at radius 2 is 1.73 bits per heavy atom. The number of nitrogens with zero attached hydrogens (tertiary/aromatic N) is 3. The lowest BCUT2D eigenvalue weighted by Crippen LogP contribution is -2.11. The summed E-state index contributed by atoms with van der Waals surface area (Å²) in [5.41, 5.74) is 1.78. The highest BCUT2D eigenvalue weighted by atomic mass is 32.1. The van der Waals surface area contributed by atoms with Crippen molar-refractivity contribution in [2.24, 2.45) is 10.1 Å². The second-order valence-corrected chi connectivity index (χ2v) is 6.89. The van der Waals surface area contributed by atoms with Crippen LogP contribution < -0.4 is 19.0 Å². The first-order valence-electron chi connectivity index (χ1n) is 7.73. The van der Waals surface area contributed by atoms with Crippen molar-refractivity contribution < 1.29 is 14.2 Å². The van der Waals surface area contributed by atoms with Gasteiger partial charge in [-0.2, -0.15) is 5.10 Å². The molecule has 136 valence electrons. The second-order valence-electron chi connectivity index (χ2n) is 5.11. The molecule has 0 aliphatic heterocycles. The molecule has 0 saturated heterocycles. The van der Waals surface area contributed by atoms with E-state index in [2.05, 4.69) is 21.5 Å². The maximum atomic E-state index is 5.46. The zero-order valence-electron chi connectivity index (χ0n) is 14.9. The molecule has 0 spiro atoms. The molecule has 8 heteroatoms. The molecule has 0 amide bonds. The van der Waals surface area contributed by atoms with Crippen LogP contribution in [0.3, 0.4) is 0 Å². The molecule has 0 N–H and O–H groups in total. The number of benzene rings is 1. The second kappa shape index (κ2) is 8.20. The van der Waals surface area contributed by atoms with Crippen LogP contribution in [-0.2, 0) is 0 Å². The summed E-state index contributed by atoms with van der Waals surface area (Å²) < 4.78 is 18.0. The minimum absolute atomic E-state index is 0.605. The first-order chi connectivity index (χ1) is 12.7. The lowest BCUT2D eigenvalue weighted by atomic mass is 10.2. The Kier molecular flexibility index (Phi) is 5.75. The van der Waals surface area contributed by atoms with Gasteiger partial charge >= 0.3 is 0 Å². The first-order valence-corrected chi connectivity index (χ1v) is 9.49. The summed E-state index contributed by atoms with van der Waals surface area (Å²) in [5, 5.41) is 8.74. The van der Waals surface area contributed by atoms with E-state index in [1.165, 1.54) is 0 Å². The molecular weight excluding hydrogens is 370 g/mol. The van der Waals surface area contributed by atoms with Gasteiger partial charge < -0.3 is 14.2 Å². The summed E-state index contributed by atoms with van der Waals surface area (Å²) in [6, 6.07) is 7.70. The number of aromatic nitrogens is 1. The summed E-state index contributed by atoms with van der Waals surface area (Å²) >= 11 is 3.21. The van der Waals surface area contributed by atoms with E-state index in [1.807, 2.05) is 22.2 Å². The van der Waals surface area contributed by atoms with Crippen LogP contribution in [-0.4, -0.2) is 39.3 Å². The summed E-state index contributed by atoms with van der Waals surface area (Å²) in [4.78, 5) is 6.25. The highest BCUT2D eigenvalue weighted by Gasteiger charge is 2.12. The van der Waals surface area contributed by atoms with Crippen LogP contribution in [0.1, 0.15) is 5.56 Å². The number of thiophene rings is 1. The lowest BCUT2D eigenvalue weighted by Gasteiger charge is -2.11. The topological polar surface area (TPSA) is 57.3 Å². The predicted molar refractivity (Wildman–Crippen MR) is 106 cm³/mol. The van der Waals surface area contributed by atoms with Crippen LogP contribution >= 0.6 is 22.7 Å². The summed E-state index contributed by atoms with van der Waals surface area (Å²) in [6.07, 6.45) is 1.74. The van der Waals surface area contributed by atoms with E-state index in [0.29, 0.717) is 17.2 Å². The van der Waals surface area contributed by atoms with Crippen molar-refractivity contribution in [2.45, 2.75) is 0 Å². The third-order valence-electron chi connectivity index (χ3n) is 3.70. The molecule has 0 aliphatic carbocycles. The Balaban J connectivity index is 2.07. The van der Waals surface area contributed by atoms with Gasteiger partial charge in [0.1, 0.15) is 5.75 Å². The molecule has 0 aliphatic rings. The largest absolute Gasteiger partial charge is 0.496 e. The van der Waals surface area contributed by atoms with Crippen LogP contribution in [0.5, 0.6) is 17.2 Å². The molecular formula is C18H19N3O3S2. The van der Waals surface area contributed by atoms with Crippen LogP contribution in [0.15, 0.2) is 45.1 Å². The number of thiazole rings is 1. The van der Waals surface area contributed by atoms with Gasteiger partial charge in [-0.05, 0) is 17.5 Å². The van der Waals surface area contributed by atoms with Crippen LogP contribution in [0, 0.1) is 0 Å². The zero-order valence-corrected chi connectivity index (χ0v) is 16.6. The summed E-state index contributed by atoms with van der Waals surface area (Å²) in [6.45, 7) is 0. The van der Waals surface area contributed by atoms with Gasteiger partial charge in [-0.1, -0.05) is 6.07 Å². The normalized spacial score (nSPS) is 11.9. The van der Waals surface area contributed by atoms with E-state index in [1.54, 1.807) is 63.3 Å². The van der Waals surface area contributed by atoms with Gasteiger partial charge in [0.05, 0.1) is 38.1 Å². The molecule has 26 heavy (non-hydrogen) atoms. The number of hydrogen-bond acceptors (Lipinski definition) is 7. The van der Waals surface area contributed by atoms with Gasteiger partial charge in [0.25, 0.3) is 0 Å². The number of hydrogen-bond donors (Lipinski definition) is 0. The smallest absolute Gasteiger partial charge is 0.205 e. The van der Waals surface area contributed by atoms with Crippen molar-refractivity contribution in [3.8, 4) is 27.8 Å². The Morgan fingerprint density at radius 3 is 2.35 bits per heavy atom. The van der Waals surface area contributed by atoms with Crippen molar-refractivity contribution in [1.82, 2.24) is 4.68 Å². The molecule has 1 aromatic carbocycles. The average Bonchev–Trinajstić information content (AvgIpc) is 3.34. The Hall–Kier alpha value is -2.58. The van der Waals surface area contributed by atoms with E-state index < -0.39 is 0 Å². The fraction of sp³-hybridized carbons (Fsp3) is 0.222. The SMILES string of the molecule is CN=c1scc(-c2cccs2)n1N=Cc1cc(OC)c(OC)cc1OC. The standard InChI is InChI=1S/C18H19N3O3S2/c1-19-18-21(13(11-26-18)17-6-5-7-25-17)20-10-12-8-15(23-3)16(24-4)9-14(12)22-2/h5-11H,1-4H3. The summed E-state index contributed by atoms with van der Waals surface area (Å²) in [5.74, 6) is 1.87. The third kappa shape index (κ3) is 3.51. The van der Waals surface area contributed by atoms with Crippen molar-refractivity contribution in [1.29, 1.82) is 0 Å². The molecule has 3 rings (SSSR count). The minimum atomic E-state index is 0.605. The first kappa shape index (κ1) is 18.2. The molecule has 0 unspecified atom stereocenters. The number of ether oxygens (including phenoxy) is 3. The molecule has 0 fully saturated rings. The average molecular weight is 390 g/mol. The van der Waals surface area contributed by atoms with Gasteiger partial charge in [0, 0.05) is 24.1 Å². The minimum Gasteiger partial charge on any atom is -0.496 e. The molecule has 0 saturated carbocycles. The van der Waals surface area contributed by atoms with E-state index in [4.69, 9.17) is 14.2 Å². The molecule has 0 atom stereocenters. The van der Waals surface area contributed by atoms with Crippen LogP contribution in [0.2, 0.25) is 0 Å². The van der Waals surface area contributed by atoms with Gasteiger partial charge in [0.15, 0.2) is 11.5 Å². The molecule has 2 aromatic heterocycles. The molecule has 3 aromatic rings. The monoisotopic (exact) mass is 389 g/mol. The van der Waals surface area contributed by atoms with E-state index in [-0.39, 0.29) is 0 Å². The number of methoxy groups -OCH3 is 3. The van der Waals surface area contributed by atoms with E-state index >= 15 is 0 Å². The highest BCUT2D eigenvalue weighted by Crippen LogP contribution is 2.34. The van der Waals surface area contributed by atoms with Crippen molar-refractivity contribution in [3.63, 3.8) is 0 Å². The fourth-order valence-corrected chi connectivity index (χ4v) is 4.03. The third-order valence-corrected chi connectivity index (χ3v) is 5.50. The van der Waals surface area contributed by atoms with Gasteiger partial charge in [-0.25, -0.2) is 4.68 Å². The van der Waals surface area contributed by atoms with Crippen molar-refractivity contribution in [2.75, 3.05) is 28.4 Å². The van der Waals surface area contributed by atoms with Crippen LogP contribution in [0.4, 0.5) is 0 Å². The Labute approximate surface area is 159 Å². The van der Waals surface area contributed by atoms with Crippen molar-refractivity contribution >= 4 is 28.9 Å². The highest BCUT2D eigenvalue weighted by molar-refractivity contribution is 7.14. The molecule has 0 bridgehead atoms. The van der Waals surface area contributed by atoms with Gasteiger partial charge in [-0.15, -0.1) is 22.7 Å². The van der Waals surface area contributed by atoms with E-state index in [9.17, 15) is 0 Å². The molecule has 2 heterocycles. The molecule has 6 nitrogen and oxygen atoms in total. The Bertz CT molecular complexity index is 972. The predicted octanol–water partition coefficient (Wildman–Crippen LogP) is 3.72. The lowest BCUT2D eigenvalue weighted by molar-refractivity contribution is 0.349. The van der Waals surface area contributed by atoms with Gasteiger partial charge in [-0.3, -0.25) is 4.99 Å². The summed E-state index contributed by atoms with van der Waals surface area (Å²) in [7, 11) is 6.56. The van der Waals surface area contributed by atoms with Crippen molar-refractivity contribution in [3.05, 3.63) is 45.4 Å². The Morgan fingerprint density at radius 1 is 1.00 bits per heavy atom. The fourth-order valence-electron chi connectivity index (χ4n) is 2.43. The maximum absolute atomic E-state index is 5.46. The van der Waals surface area contributed by atoms with Crippen LogP contribution in [0.25, 0.3) is 10.6 Å². The number of rotatable bonds is 6. The van der Waals surface area contributed by atoms with E-state index in [0.717, 1.165) is 20.9 Å².